The molecule has 1 aliphatic rings. The largest absolute Gasteiger partial charge is 0.444 e. The Morgan fingerprint density at radius 2 is 1.83 bits per heavy atom. The second kappa shape index (κ2) is 8.04. The summed E-state index contributed by atoms with van der Waals surface area (Å²) in [6.45, 7) is 13.9. The lowest BCUT2D eigenvalue weighted by molar-refractivity contribution is -0.127. The molecule has 0 radical (unpaired) electrons. The smallest absolute Gasteiger partial charge is 0.410 e. The molecule has 1 aliphatic heterocycles. The molecule has 0 spiro atoms. The second-order valence-corrected chi connectivity index (χ2v) is 8.85. The van der Waals surface area contributed by atoms with E-state index in [0.29, 0.717) is 19.0 Å². The topological polar surface area (TPSA) is 49.9 Å². The lowest BCUT2D eigenvalue weighted by Crippen LogP contribution is -2.44. The first-order valence-corrected chi connectivity index (χ1v) is 8.80. The van der Waals surface area contributed by atoms with E-state index in [9.17, 15) is 9.59 Å². The standard InChI is InChI=1S/C19H34N2O3/c1-18(2,3)11-10-16(22)21-12-8-9-15(14-21)13-20(7)17(23)24-19(4,5)6/h10-11,15H,8-9,12-14H2,1-7H3/b11-10+. The van der Waals surface area contributed by atoms with Crippen LogP contribution in [-0.2, 0) is 9.53 Å². The summed E-state index contributed by atoms with van der Waals surface area (Å²) in [7, 11) is 1.76. The zero-order valence-electron chi connectivity index (χ0n) is 16.4. The van der Waals surface area contributed by atoms with Gasteiger partial charge in [-0.25, -0.2) is 4.79 Å². The maximum absolute atomic E-state index is 12.3. The third-order valence-corrected chi connectivity index (χ3v) is 3.79. The van der Waals surface area contributed by atoms with Crippen LogP contribution in [0.25, 0.3) is 0 Å². The molecule has 0 aromatic rings. The molecule has 5 heteroatoms. The third kappa shape index (κ3) is 7.84. The van der Waals surface area contributed by atoms with Gasteiger partial charge in [0.15, 0.2) is 0 Å². The molecule has 0 saturated carbocycles. The molecule has 2 amide bonds. The maximum atomic E-state index is 12.3. The molecular formula is C19H34N2O3. The summed E-state index contributed by atoms with van der Waals surface area (Å²) in [4.78, 5) is 27.9. The van der Waals surface area contributed by atoms with E-state index in [4.69, 9.17) is 4.74 Å². The summed E-state index contributed by atoms with van der Waals surface area (Å²) in [5, 5.41) is 0. The molecule has 0 aliphatic carbocycles. The minimum atomic E-state index is -0.488. The number of amides is 2. The number of carbonyl (C=O) groups is 2. The zero-order chi connectivity index (χ0) is 18.5. The predicted octanol–water partition coefficient (Wildman–Crippen LogP) is 3.69. The Bertz CT molecular complexity index is 472. The number of allylic oxidation sites excluding steroid dienone is 1. The van der Waals surface area contributed by atoms with E-state index in [0.717, 1.165) is 19.4 Å². The minimum absolute atomic E-state index is 0.00177. The second-order valence-electron chi connectivity index (χ2n) is 8.85. The highest BCUT2D eigenvalue weighted by Gasteiger charge is 2.26. The Hall–Kier alpha value is -1.52. The first-order valence-electron chi connectivity index (χ1n) is 8.80. The number of ether oxygens (including phenoxy) is 1. The van der Waals surface area contributed by atoms with E-state index >= 15 is 0 Å². The van der Waals surface area contributed by atoms with Crippen LogP contribution in [0.15, 0.2) is 12.2 Å². The SMILES string of the molecule is CN(CC1CCCN(C(=O)/C=C/C(C)(C)C)C1)C(=O)OC(C)(C)C. The average molecular weight is 338 g/mol. The van der Waals surface area contributed by atoms with E-state index in [-0.39, 0.29) is 17.4 Å². The first-order chi connectivity index (χ1) is 10.9. The highest BCUT2D eigenvalue weighted by molar-refractivity contribution is 5.87. The van der Waals surface area contributed by atoms with Crippen LogP contribution in [0.2, 0.25) is 0 Å². The Labute approximate surface area is 147 Å². The maximum Gasteiger partial charge on any atom is 0.410 e. The number of piperidine rings is 1. The van der Waals surface area contributed by atoms with Gasteiger partial charge in [0, 0.05) is 26.7 Å². The van der Waals surface area contributed by atoms with Crippen LogP contribution in [0.1, 0.15) is 54.4 Å². The van der Waals surface area contributed by atoms with E-state index in [1.807, 2.05) is 31.7 Å². The van der Waals surface area contributed by atoms with Crippen molar-refractivity contribution in [1.82, 2.24) is 9.80 Å². The van der Waals surface area contributed by atoms with Gasteiger partial charge in [0.1, 0.15) is 5.60 Å². The van der Waals surface area contributed by atoms with E-state index in [1.54, 1.807) is 18.0 Å². The number of carbonyl (C=O) groups excluding carboxylic acids is 2. The number of rotatable bonds is 3. The van der Waals surface area contributed by atoms with Gasteiger partial charge in [-0.15, -0.1) is 0 Å². The van der Waals surface area contributed by atoms with Gasteiger partial charge in [0.25, 0.3) is 0 Å². The highest BCUT2D eigenvalue weighted by Crippen LogP contribution is 2.20. The molecule has 1 unspecified atom stereocenters. The summed E-state index contributed by atoms with van der Waals surface area (Å²) in [6.07, 6.45) is 5.33. The summed E-state index contributed by atoms with van der Waals surface area (Å²) in [5.41, 5.74) is -0.487. The summed E-state index contributed by atoms with van der Waals surface area (Å²) in [6, 6.07) is 0. The molecule has 0 N–H and O–H groups in total. The molecular weight excluding hydrogens is 304 g/mol. The fourth-order valence-electron chi connectivity index (χ4n) is 2.64. The molecule has 1 heterocycles. The molecule has 0 bridgehead atoms. The lowest BCUT2D eigenvalue weighted by Gasteiger charge is -2.34. The Balaban J connectivity index is 2.55. The van der Waals surface area contributed by atoms with Crippen molar-refractivity contribution in [1.29, 1.82) is 0 Å². The van der Waals surface area contributed by atoms with E-state index in [2.05, 4.69) is 20.8 Å². The Morgan fingerprint density at radius 1 is 1.21 bits per heavy atom. The molecule has 138 valence electrons. The fourth-order valence-corrected chi connectivity index (χ4v) is 2.64. The van der Waals surface area contributed by atoms with Crippen molar-refractivity contribution in [2.45, 2.75) is 60.0 Å². The molecule has 0 aromatic heterocycles. The van der Waals surface area contributed by atoms with Gasteiger partial charge in [0.05, 0.1) is 0 Å². The van der Waals surface area contributed by atoms with Crippen molar-refractivity contribution in [3.63, 3.8) is 0 Å². The Morgan fingerprint density at radius 3 is 2.38 bits per heavy atom. The van der Waals surface area contributed by atoms with Crippen molar-refractivity contribution in [2.24, 2.45) is 11.3 Å². The van der Waals surface area contributed by atoms with Gasteiger partial charge >= 0.3 is 6.09 Å². The molecule has 24 heavy (non-hydrogen) atoms. The highest BCUT2D eigenvalue weighted by atomic mass is 16.6. The lowest BCUT2D eigenvalue weighted by atomic mass is 9.95. The van der Waals surface area contributed by atoms with Gasteiger partial charge < -0.3 is 14.5 Å². The van der Waals surface area contributed by atoms with Crippen LogP contribution in [0.5, 0.6) is 0 Å². The van der Waals surface area contributed by atoms with Crippen molar-refractivity contribution < 1.29 is 14.3 Å². The normalized spacial score (nSPS) is 19.5. The van der Waals surface area contributed by atoms with Crippen molar-refractivity contribution in [3.05, 3.63) is 12.2 Å². The van der Waals surface area contributed by atoms with Crippen molar-refractivity contribution in [2.75, 3.05) is 26.7 Å². The van der Waals surface area contributed by atoms with Crippen LogP contribution < -0.4 is 0 Å². The molecule has 1 rings (SSSR count). The Kier molecular flexibility index (Phi) is 6.87. The average Bonchev–Trinajstić information content (AvgIpc) is 2.42. The van der Waals surface area contributed by atoms with Crippen LogP contribution in [0.4, 0.5) is 4.79 Å². The zero-order valence-corrected chi connectivity index (χ0v) is 16.4. The number of hydrogen-bond acceptors (Lipinski definition) is 3. The molecule has 1 fully saturated rings. The van der Waals surface area contributed by atoms with E-state index in [1.165, 1.54) is 0 Å². The predicted molar refractivity (Wildman–Crippen MR) is 96.8 cm³/mol. The van der Waals surface area contributed by atoms with Crippen LogP contribution in [-0.4, -0.2) is 54.1 Å². The number of hydrogen-bond donors (Lipinski definition) is 0. The molecule has 1 atom stereocenters. The van der Waals surface area contributed by atoms with Crippen molar-refractivity contribution >= 4 is 12.0 Å². The van der Waals surface area contributed by atoms with Crippen LogP contribution >= 0.6 is 0 Å². The van der Waals surface area contributed by atoms with Gasteiger partial charge in [0.2, 0.25) is 5.91 Å². The van der Waals surface area contributed by atoms with Gasteiger partial charge in [-0.2, -0.15) is 0 Å². The fraction of sp³-hybridized carbons (Fsp3) is 0.789. The quantitative estimate of drug-likeness (QED) is 0.737. The van der Waals surface area contributed by atoms with E-state index < -0.39 is 5.60 Å². The first kappa shape index (κ1) is 20.5. The molecule has 0 aromatic carbocycles. The third-order valence-electron chi connectivity index (χ3n) is 3.79. The number of nitrogens with zero attached hydrogens (tertiary/aromatic N) is 2. The monoisotopic (exact) mass is 338 g/mol. The summed E-state index contributed by atoms with van der Waals surface area (Å²) >= 11 is 0. The van der Waals surface area contributed by atoms with Gasteiger partial charge in [-0.3, -0.25) is 4.79 Å². The molecule has 5 nitrogen and oxygen atoms in total. The van der Waals surface area contributed by atoms with Crippen molar-refractivity contribution in [3.8, 4) is 0 Å². The molecule has 1 saturated heterocycles. The summed E-state index contributed by atoms with van der Waals surface area (Å²) in [5.74, 6) is 0.359. The van der Waals surface area contributed by atoms with Gasteiger partial charge in [-0.1, -0.05) is 26.8 Å². The summed E-state index contributed by atoms with van der Waals surface area (Å²) < 4.78 is 5.39. The number of likely N-dealkylation sites (tertiary alicyclic amines) is 1. The van der Waals surface area contributed by atoms with Crippen LogP contribution in [0.3, 0.4) is 0 Å². The van der Waals surface area contributed by atoms with Gasteiger partial charge in [-0.05, 0) is 51.0 Å². The minimum Gasteiger partial charge on any atom is -0.444 e. The van der Waals surface area contributed by atoms with Crippen LogP contribution in [0, 0.1) is 11.3 Å².